The third-order valence-electron chi connectivity index (χ3n) is 3.68. The van der Waals surface area contributed by atoms with Gasteiger partial charge in [0, 0.05) is 26.1 Å². The van der Waals surface area contributed by atoms with Gasteiger partial charge in [-0.05, 0) is 32.4 Å². The van der Waals surface area contributed by atoms with Crippen LogP contribution in [0.2, 0.25) is 0 Å². The normalized spacial score (nSPS) is 24.5. The minimum atomic E-state index is -0.0368. The minimum Gasteiger partial charge on any atom is -0.368 e. The topological polar surface area (TPSA) is 70.7 Å². The number of nitrogens with zero attached hydrogens (tertiary/aromatic N) is 1. The van der Waals surface area contributed by atoms with E-state index in [0.717, 1.165) is 32.4 Å². The van der Waals surface area contributed by atoms with Crippen LogP contribution < -0.4 is 10.6 Å². The number of nitrogens with one attached hydrogen (secondary N) is 2. The summed E-state index contributed by atoms with van der Waals surface area (Å²) in [6.45, 7) is 4.91. The number of carbonyl (C=O) groups excluding carboxylic acids is 2. The summed E-state index contributed by atoms with van der Waals surface area (Å²) < 4.78 is 5.65. The SMILES string of the molecule is CC(=O)NC1CCN(C(=O)COC2CCNCC2)C1. The van der Waals surface area contributed by atoms with Crippen molar-refractivity contribution in [2.75, 3.05) is 32.8 Å². The van der Waals surface area contributed by atoms with Crippen molar-refractivity contribution in [2.45, 2.75) is 38.3 Å². The number of amides is 2. The molecule has 0 saturated carbocycles. The van der Waals surface area contributed by atoms with Crippen molar-refractivity contribution in [3.8, 4) is 0 Å². The van der Waals surface area contributed by atoms with E-state index in [4.69, 9.17) is 4.74 Å². The zero-order chi connectivity index (χ0) is 13.7. The number of rotatable bonds is 4. The molecule has 19 heavy (non-hydrogen) atoms. The lowest BCUT2D eigenvalue weighted by Crippen LogP contribution is -2.39. The van der Waals surface area contributed by atoms with E-state index in [0.29, 0.717) is 13.1 Å². The molecule has 0 radical (unpaired) electrons. The Kier molecular flexibility index (Phi) is 5.15. The second kappa shape index (κ2) is 6.86. The first-order valence-electron chi connectivity index (χ1n) is 7.02. The molecule has 2 amide bonds. The first-order valence-corrected chi connectivity index (χ1v) is 7.02. The number of ether oxygens (including phenoxy) is 1. The van der Waals surface area contributed by atoms with Crippen molar-refractivity contribution in [1.29, 1.82) is 0 Å². The summed E-state index contributed by atoms with van der Waals surface area (Å²) in [5, 5.41) is 6.12. The van der Waals surface area contributed by atoms with Gasteiger partial charge in [0.25, 0.3) is 0 Å². The van der Waals surface area contributed by atoms with Gasteiger partial charge in [0.1, 0.15) is 6.61 Å². The fraction of sp³-hybridized carbons (Fsp3) is 0.846. The van der Waals surface area contributed by atoms with Gasteiger partial charge in [-0.1, -0.05) is 0 Å². The quantitative estimate of drug-likeness (QED) is 0.721. The van der Waals surface area contributed by atoms with E-state index in [2.05, 4.69) is 10.6 Å². The predicted molar refractivity (Wildman–Crippen MR) is 70.6 cm³/mol. The number of likely N-dealkylation sites (tertiary alicyclic amines) is 1. The van der Waals surface area contributed by atoms with Crippen LogP contribution in [0.1, 0.15) is 26.2 Å². The molecule has 1 atom stereocenters. The summed E-state index contributed by atoms with van der Waals surface area (Å²) >= 11 is 0. The largest absolute Gasteiger partial charge is 0.368 e. The summed E-state index contributed by atoms with van der Waals surface area (Å²) in [4.78, 5) is 24.7. The first-order chi connectivity index (χ1) is 9.15. The van der Waals surface area contributed by atoms with Gasteiger partial charge in [0.05, 0.1) is 6.10 Å². The Bertz CT molecular complexity index is 329. The Morgan fingerprint density at radius 2 is 2.05 bits per heavy atom. The van der Waals surface area contributed by atoms with Crippen molar-refractivity contribution < 1.29 is 14.3 Å². The lowest BCUT2D eigenvalue weighted by molar-refractivity contribution is -0.137. The maximum atomic E-state index is 12.0. The van der Waals surface area contributed by atoms with Gasteiger partial charge >= 0.3 is 0 Å². The van der Waals surface area contributed by atoms with E-state index in [1.165, 1.54) is 6.92 Å². The second-order valence-electron chi connectivity index (χ2n) is 5.29. The van der Waals surface area contributed by atoms with Crippen molar-refractivity contribution in [3.05, 3.63) is 0 Å². The average Bonchev–Trinajstić information content (AvgIpc) is 2.85. The van der Waals surface area contributed by atoms with E-state index in [1.807, 2.05) is 0 Å². The number of piperidine rings is 1. The molecule has 2 aliphatic rings. The van der Waals surface area contributed by atoms with Crippen LogP contribution in [0.5, 0.6) is 0 Å². The van der Waals surface area contributed by atoms with Gasteiger partial charge in [0.2, 0.25) is 11.8 Å². The van der Waals surface area contributed by atoms with E-state index in [1.54, 1.807) is 4.90 Å². The molecule has 6 heteroatoms. The molecule has 2 N–H and O–H groups in total. The van der Waals surface area contributed by atoms with Crippen LogP contribution in [-0.4, -0.2) is 61.6 Å². The second-order valence-corrected chi connectivity index (χ2v) is 5.29. The maximum Gasteiger partial charge on any atom is 0.248 e. The Morgan fingerprint density at radius 1 is 1.32 bits per heavy atom. The summed E-state index contributed by atoms with van der Waals surface area (Å²) in [5.41, 5.74) is 0. The Hall–Kier alpha value is -1.14. The molecule has 108 valence electrons. The molecule has 0 aromatic heterocycles. The van der Waals surface area contributed by atoms with Crippen LogP contribution in [0.15, 0.2) is 0 Å². The Morgan fingerprint density at radius 3 is 2.74 bits per heavy atom. The zero-order valence-corrected chi connectivity index (χ0v) is 11.5. The third-order valence-corrected chi connectivity index (χ3v) is 3.68. The molecular weight excluding hydrogens is 246 g/mol. The Balaban J connectivity index is 1.67. The lowest BCUT2D eigenvalue weighted by atomic mass is 10.1. The zero-order valence-electron chi connectivity index (χ0n) is 11.5. The summed E-state index contributed by atoms with van der Waals surface area (Å²) in [6, 6.07) is 0.0975. The summed E-state index contributed by atoms with van der Waals surface area (Å²) in [5.74, 6) is -0.00311. The van der Waals surface area contributed by atoms with E-state index < -0.39 is 0 Å². The fourth-order valence-corrected chi connectivity index (χ4v) is 2.63. The van der Waals surface area contributed by atoms with Gasteiger partial charge in [-0.15, -0.1) is 0 Å². The summed E-state index contributed by atoms with van der Waals surface area (Å²) in [6.07, 6.45) is 2.99. The van der Waals surface area contributed by atoms with Crippen LogP contribution in [0, 0.1) is 0 Å². The van der Waals surface area contributed by atoms with Gasteiger partial charge < -0.3 is 20.3 Å². The highest BCUT2D eigenvalue weighted by Crippen LogP contribution is 2.11. The third kappa shape index (κ3) is 4.47. The molecule has 2 saturated heterocycles. The highest BCUT2D eigenvalue weighted by molar-refractivity contribution is 5.78. The number of carbonyl (C=O) groups is 2. The molecule has 6 nitrogen and oxygen atoms in total. The molecule has 0 spiro atoms. The minimum absolute atomic E-state index is 0.0337. The molecule has 2 fully saturated rings. The smallest absolute Gasteiger partial charge is 0.248 e. The van der Waals surface area contributed by atoms with Crippen LogP contribution in [0.25, 0.3) is 0 Å². The number of hydrogen-bond donors (Lipinski definition) is 2. The predicted octanol–water partition coefficient (Wildman–Crippen LogP) is -0.508. The monoisotopic (exact) mass is 269 g/mol. The van der Waals surface area contributed by atoms with Crippen LogP contribution in [0.4, 0.5) is 0 Å². The van der Waals surface area contributed by atoms with Crippen molar-refractivity contribution in [3.63, 3.8) is 0 Å². The van der Waals surface area contributed by atoms with Crippen LogP contribution in [0.3, 0.4) is 0 Å². The molecule has 2 aliphatic heterocycles. The molecule has 1 unspecified atom stereocenters. The molecule has 0 aliphatic carbocycles. The molecule has 0 bridgehead atoms. The molecular formula is C13H23N3O3. The molecule has 2 heterocycles. The first kappa shape index (κ1) is 14.3. The van der Waals surface area contributed by atoms with E-state index >= 15 is 0 Å². The van der Waals surface area contributed by atoms with E-state index in [9.17, 15) is 9.59 Å². The van der Waals surface area contributed by atoms with Crippen LogP contribution >= 0.6 is 0 Å². The molecule has 2 rings (SSSR count). The van der Waals surface area contributed by atoms with Crippen molar-refractivity contribution in [1.82, 2.24) is 15.5 Å². The summed E-state index contributed by atoms with van der Waals surface area (Å²) in [7, 11) is 0. The highest BCUT2D eigenvalue weighted by atomic mass is 16.5. The van der Waals surface area contributed by atoms with Crippen molar-refractivity contribution in [2.24, 2.45) is 0 Å². The molecule has 0 aromatic rings. The molecule has 0 aromatic carbocycles. The standard InChI is InChI=1S/C13H23N3O3/c1-10(17)15-11-4-7-16(8-11)13(18)9-19-12-2-5-14-6-3-12/h11-12,14H,2-9H2,1H3,(H,15,17). The average molecular weight is 269 g/mol. The van der Waals surface area contributed by atoms with E-state index in [-0.39, 0.29) is 30.6 Å². The van der Waals surface area contributed by atoms with Crippen LogP contribution in [-0.2, 0) is 14.3 Å². The maximum absolute atomic E-state index is 12.0. The van der Waals surface area contributed by atoms with Gasteiger partial charge in [-0.3, -0.25) is 9.59 Å². The van der Waals surface area contributed by atoms with Crippen molar-refractivity contribution >= 4 is 11.8 Å². The van der Waals surface area contributed by atoms with Gasteiger partial charge in [-0.2, -0.15) is 0 Å². The lowest BCUT2D eigenvalue weighted by Gasteiger charge is -2.24. The Labute approximate surface area is 113 Å². The number of hydrogen-bond acceptors (Lipinski definition) is 4. The highest BCUT2D eigenvalue weighted by Gasteiger charge is 2.27. The van der Waals surface area contributed by atoms with Gasteiger partial charge in [-0.25, -0.2) is 0 Å². The van der Waals surface area contributed by atoms with Gasteiger partial charge in [0.15, 0.2) is 0 Å². The fourth-order valence-electron chi connectivity index (χ4n) is 2.63.